The first-order valence-corrected chi connectivity index (χ1v) is 8.95. The molecule has 0 radical (unpaired) electrons. The van der Waals surface area contributed by atoms with Gasteiger partial charge in [0.2, 0.25) is 10.0 Å². The molecule has 0 saturated heterocycles. The molecule has 0 aliphatic rings. The largest absolute Gasteiger partial charge is 0.456 e. The molecule has 0 unspecified atom stereocenters. The lowest BCUT2D eigenvalue weighted by atomic mass is 10.2. The second kappa shape index (κ2) is 7.26. The third-order valence-corrected chi connectivity index (χ3v) is 5.64. The quantitative estimate of drug-likeness (QED) is 0.658. The van der Waals surface area contributed by atoms with E-state index in [1.807, 2.05) is 0 Å². The Labute approximate surface area is 150 Å². The summed E-state index contributed by atoms with van der Waals surface area (Å²) in [7, 11) is 1.88. The van der Waals surface area contributed by atoms with Crippen LogP contribution in [-0.2, 0) is 35.5 Å². The minimum Gasteiger partial charge on any atom is -0.456 e. The molecule has 1 heterocycles. The summed E-state index contributed by atoms with van der Waals surface area (Å²) >= 11 is 0. The number of nitrogens with zero attached hydrogens (tertiary/aromatic N) is 3. The van der Waals surface area contributed by atoms with Crippen LogP contribution in [0, 0.1) is 0 Å². The van der Waals surface area contributed by atoms with Gasteiger partial charge in [-0.25, -0.2) is 22.3 Å². The van der Waals surface area contributed by atoms with Crippen LogP contribution >= 0.6 is 0 Å². The Morgan fingerprint density at radius 2 is 1.77 bits per heavy atom. The van der Waals surface area contributed by atoms with Crippen molar-refractivity contribution < 1.29 is 17.9 Å². The van der Waals surface area contributed by atoms with E-state index in [1.54, 1.807) is 0 Å². The number of carbonyl (C=O) groups is 1. The average molecular weight is 381 g/mol. The third-order valence-electron chi connectivity index (χ3n) is 3.82. The normalized spacial score (nSPS) is 11.6. The van der Waals surface area contributed by atoms with Crippen LogP contribution in [0.1, 0.15) is 16.1 Å². The monoisotopic (exact) mass is 381 g/mol. The van der Waals surface area contributed by atoms with E-state index in [1.165, 1.54) is 63.1 Å². The number of ether oxygens (including phenoxy) is 1. The van der Waals surface area contributed by atoms with E-state index in [-0.39, 0.29) is 22.8 Å². The van der Waals surface area contributed by atoms with Crippen molar-refractivity contribution in [1.82, 2.24) is 13.4 Å². The number of carbonyl (C=O) groups excluding carboxylic acids is 1. The third kappa shape index (κ3) is 3.75. The highest BCUT2D eigenvalue weighted by Crippen LogP contribution is 2.15. The predicted octanol–water partition coefficient (Wildman–Crippen LogP) is -0.309. The van der Waals surface area contributed by atoms with Crippen molar-refractivity contribution in [3.8, 4) is 0 Å². The lowest BCUT2D eigenvalue weighted by Crippen LogP contribution is -2.38. The first-order chi connectivity index (χ1) is 12.1. The number of sulfonamides is 1. The second-order valence-corrected chi connectivity index (χ2v) is 7.92. The molecule has 0 aliphatic carbocycles. The predicted molar refractivity (Wildman–Crippen MR) is 93.4 cm³/mol. The van der Waals surface area contributed by atoms with Gasteiger partial charge in [0, 0.05) is 34.3 Å². The first kappa shape index (κ1) is 19.6. The van der Waals surface area contributed by atoms with Crippen LogP contribution in [0.4, 0.5) is 0 Å². The standard InChI is InChI=1S/C16H19N3O6S/c1-17(2)26(23,24)13-7-5-6-11(8-13)15(21)25-10-12-9-14(20)19(4)16(22)18(12)3/h5-9H,10H2,1-4H3. The molecule has 0 fully saturated rings. The van der Waals surface area contributed by atoms with E-state index < -0.39 is 27.2 Å². The van der Waals surface area contributed by atoms with E-state index in [0.29, 0.717) is 0 Å². The molecule has 1 aromatic heterocycles. The zero-order valence-electron chi connectivity index (χ0n) is 14.8. The van der Waals surface area contributed by atoms with E-state index >= 15 is 0 Å². The summed E-state index contributed by atoms with van der Waals surface area (Å²) in [5, 5.41) is 0. The van der Waals surface area contributed by atoms with Gasteiger partial charge in [-0.2, -0.15) is 0 Å². The zero-order valence-corrected chi connectivity index (χ0v) is 15.6. The summed E-state index contributed by atoms with van der Waals surface area (Å²) in [6.07, 6.45) is 0. The summed E-state index contributed by atoms with van der Waals surface area (Å²) in [5.41, 5.74) is -0.786. The van der Waals surface area contributed by atoms with Gasteiger partial charge >= 0.3 is 11.7 Å². The summed E-state index contributed by atoms with van der Waals surface area (Å²) in [6.45, 7) is -0.300. The fourth-order valence-electron chi connectivity index (χ4n) is 2.13. The Morgan fingerprint density at radius 3 is 2.38 bits per heavy atom. The topological polar surface area (TPSA) is 108 Å². The summed E-state index contributed by atoms with van der Waals surface area (Å²) < 4.78 is 32.6. The smallest absolute Gasteiger partial charge is 0.338 e. The molecule has 0 spiro atoms. The fourth-order valence-corrected chi connectivity index (χ4v) is 3.08. The average Bonchev–Trinajstić information content (AvgIpc) is 2.61. The Bertz CT molecular complexity index is 1070. The minimum absolute atomic E-state index is 0.0433. The number of aromatic nitrogens is 2. The SMILES string of the molecule is CN(C)S(=O)(=O)c1cccc(C(=O)OCc2cc(=O)n(C)c(=O)n2C)c1. The number of rotatable bonds is 5. The van der Waals surface area contributed by atoms with Crippen LogP contribution < -0.4 is 11.2 Å². The molecule has 10 heteroatoms. The van der Waals surface area contributed by atoms with Crippen molar-refractivity contribution in [2.75, 3.05) is 14.1 Å². The molecule has 0 atom stereocenters. The molecule has 0 N–H and O–H groups in total. The van der Waals surface area contributed by atoms with E-state index in [2.05, 4.69) is 0 Å². The van der Waals surface area contributed by atoms with Gasteiger partial charge in [-0.05, 0) is 18.2 Å². The lowest BCUT2D eigenvalue weighted by molar-refractivity contribution is 0.0462. The number of hydrogen-bond acceptors (Lipinski definition) is 6. The molecule has 140 valence electrons. The summed E-state index contributed by atoms with van der Waals surface area (Å²) in [5.74, 6) is -0.770. The minimum atomic E-state index is -3.69. The van der Waals surface area contributed by atoms with E-state index in [4.69, 9.17) is 4.74 Å². The highest BCUT2D eigenvalue weighted by molar-refractivity contribution is 7.89. The molecular weight excluding hydrogens is 362 g/mol. The molecule has 2 aromatic rings. The summed E-state index contributed by atoms with van der Waals surface area (Å²) in [6, 6.07) is 6.63. The van der Waals surface area contributed by atoms with Gasteiger partial charge in [-0.3, -0.25) is 13.9 Å². The molecule has 9 nitrogen and oxygen atoms in total. The fraction of sp³-hybridized carbons (Fsp3) is 0.312. The molecule has 0 amide bonds. The van der Waals surface area contributed by atoms with Gasteiger partial charge in [-0.1, -0.05) is 6.07 Å². The maximum atomic E-state index is 12.2. The maximum Gasteiger partial charge on any atom is 0.338 e. The van der Waals surface area contributed by atoms with Crippen LogP contribution in [0.2, 0.25) is 0 Å². The summed E-state index contributed by atoms with van der Waals surface area (Å²) in [4.78, 5) is 35.7. The molecule has 26 heavy (non-hydrogen) atoms. The van der Waals surface area contributed by atoms with Crippen LogP contribution in [-0.4, -0.2) is 41.9 Å². The zero-order chi connectivity index (χ0) is 19.6. The Balaban J connectivity index is 2.25. The number of hydrogen-bond donors (Lipinski definition) is 0. The first-order valence-electron chi connectivity index (χ1n) is 7.51. The Hall–Kier alpha value is -2.72. The Morgan fingerprint density at radius 1 is 1.12 bits per heavy atom. The van der Waals surface area contributed by atoms with E-state index in [0.717, 1.165) is 8.87 Å². The molecular formula is C16H19N3O6S. The van der Waals surface area contributed by atoms with Crippen molar-refractivity contribution in [3.63, 3.8) is 0 Å². The lowest BCUT2D eigenvalue weighted by Gasteiger charge is -2.13. The Kier molecular flexibility index (Phi) is 5.47. The molecule has 2 rings (SSSR count). The van der Waals surface area contributed by atoms with Gasteiger partial charge in [0.25, 0.3) is 5.56 Å². The van der Waals surface area contributed by atoms with Crippen LogP contribution in [0.3, 0.4) is 0 Å². The van der Waals surface area contributed by atoms with Crippen LogP contribution in [0.5, 0.6) is 0 Å². The maximum absolute atomic E-state index is 12.2. The molecule has 0 saturated carbocycles. The van der Waals surface area contributed by atoms with Crippen molar-refractivity contribution in [3.05, 3.63) is 62.4 Å². The van der Waals surface area contributed by atoms with E-state index in [9.17, 15) is 22.8 Å². The molecule has 0 bridgehead atoms. The number of esters is 1. The van der Waals surface area contributed by atoms with Gasteiger partial charge in [0.15, 0.2) is 0 Å². The van der Waals surface area contributed by atoms with Gasteiger partial charge < -0.3 is 4.74 Å². The highest BCUT2D eigenvalue weighted by Gasteiger charge is 2.19. The highest BCUT2D eigenvalue weighted by atomic mass is 32.2. The van der Waals surface area contributed by atoms with Gasteiger partial charge in [0.1, 0.15) is 6.61 Å². The van der Waals surface area contributed by atoms with Crippen molar-refractivity contribution in [2.24, 2.45) is 14.1 Å². The van der Waals surface area contributed by atoms with Gasteiger partial charge in [-0.15, -0.1) is 0 Å². The van der Waals surface area contributed by atoms with Crippen LogP contribution in [0.25, 0.3) is 0 Å². The van der Waals surface area contributed by atoms with Crippen molar-refractivity contribution >= 4 is 16.0 Å². The van der Waals surface area contributed by atoms with Gasteiger partial charge in [0.05, 0.1) is 16.2 Å². The van der Waals surface area contributed by atoms with Crippen molar-refractivity contribution in [2.45, 2.75) is 11.5 Å². The molecule has 1 aromatic carbocycles. The second-order valence-electron chi connectivity index (χ2n) is 5.77. The van der Waals surface area contributed by atoms with Crippen LogP contribution in [0.15, 0.2) is 44.8 Å². The number of benzene rings is 1. The molecule has 0 aliphatic heterocycles. The van der Waals surface area contributed by atoms with Crippen molar-refractivity contribution in [1.29, 1.82) is 0 Å².